The maximum Gasteiger partial charge on any atom is 0.416 e. The topological polar surface area (TPSA) is 58.0 Å². The highest BCUT2D eigenvalue weighted by molar-refractivity contribution is 6.29. The molecule has 4 nitrogen and oxygen atoms in total. The zero-order chi connectivity index (χ0) is 17.2. The van der Waals surface area contributed by atoms with Crippen molar-refractivity contribution in [2.45, 2.75) is 32.7 Å². The van der Waals surface area contributed by atoms with Crippen LogP contribution >= 0.6 is 11.6 Å². The van der Waals surface area contributed by atoms with Crippen LogP contribution in [0.25, 0.3) is 0 Å². The van der Waals surface area contributed by atoms with E-state index in [9.17, 15) is 18.3 Å². The molecule has 0 radical (unpaired) electrons. The van der Waals surface area contributed by atoms with Gasteiger partial charge < -0.3 is 10.4 Å². The van der Waals surface area contributed by atoms with Gasteiger partial charge in [-0.1, -0.05) is 17.7 Å². The van der Waals surface area contributed by atoms with E-state index in [-0.39, 0.29) is 17.5 Å². The second kappa shape index (κ2) is 6.72. The van der Waals surface area contributed by atoms with Gasteiger partial charge in [-0.3, -0.25) is 4.98 Å². The normalized spacial score (nSPS) is 13.0. The van der Waals surface area contributed by atoms with E-state index in [0.717, 1.165) is 12.1 Å². The fraction of sp³-hybridized carbons (Fsp3) is 0.333. The average molecular weight is 346 g/mol. The van der Waals surface area contributed by atoms with Crippen LogP contribution in [0.2, 0.25) is 5.15 Å². The first-order valence-corrected chi connectivity index (χ1v) is 7.18. The molecule has 0 aliphatic rings. The number of nitrogens with zero attached hydrogens (tertiary/aromatic N) is 2. The first-order valence-electron chi connectivity index (χ1n) is 6.80. The van der Waals surface area contributed by atoms with E-state index in [4.69, 9.17) is 11.6 Å². The zero-order valence-corrected chi connectivity index (χ0v) is 13.2. The lowest BCUT2D eigenvalue weighted by Crippen LogP contribution is -2.09. The summed E-state index contributed by atoms with van der Waals surface area (Å²) in [6.45, 7) is 3.58. The number of halogens is 4. The van der Waals surface area contributed by atoms with Gasteiger partial charge in [0.25, 0.3) is 0 Å². The second-order valence-corrected chi connectivity index (χ2v) is 5.46. The molecule has 2 aromatic heterocycles. The summed E-state index contributed by atoms with van der Waals surface area (Å²) in [7, 11) is 0. The van der Waals surface area contributed by atoms with Crippen LogP contribution in [-0.2, 0) is 12.7 Å². The van der Waals surface area contributed by atoms with Crippen molar-refractivity contribution >= 4 is 17.4 Å². The summed E-state index contributed by atoms with van der Waals surface area (Å²) in [6, 6.07) is 5.09. The Morgan fingerprint density at radius 3 is 2.52 bits per heavy atom. The number of aromatic nitrogens is 2. The van der Waals surface area contributed by atoms with E-state index in [2.05, 4.69) is 15.3 Å². The van der Waals surface area contributed by atoms with E-state index in [1.165, 1.54) is 0 Å². The maximum atomic E-state index is 12.7. The van der Waals surface area contributed by atoms with E-state index in [0.29, 0.717) is 17.0 Å². The average Bonchev–Trinajstić information content (AvgIpc) is 2.43. The van der Waals surface area contributed by atoms with Crippen molar-refractivity contribution in [3.63, 3.8) is 0 Å². The first kappa shape index (κ1) is 17.5. The number of pyridine rings is 2. The third-order valence-corrected chi connectivity index (χ3v) is 3.40. The molecule has 0 amide bonds. The summed E-state index contributed by atoms with van der Waals surface area (Å²) in [5.41, 5.74) is 1.11. The van der Waals surface area contributed by atoms with E-state index in [1.54, 1.807) is 26.0 Å². The van der Waals surface area contributed by atoms with Crippen molar-refractivity contribution in [2.75, 3.05) is 5.32 Å². The van der Waals surface area contributed by atoms with Crippen LogP contribution in [-0.4, -0.2) is 15.1 Å². The van der Waals surface area contributed by atoms with Gasteiger partial charge in [0.05, 0.1) is 23.9 Å². The number of hydrogen-bond acceptors (Lipinski definition) is 4. The van der Waals surface area contributed by atoms with Gasteiger partial charge in [0.2, 0.25) is 0 Å². The lowest BCUT2D eigenvalue weighted by atomic mass is 10.1. The highest BCUT2D eigenvalue weighted by atomic mass is 35.5. The highest BCUT2D eigenvalue weighted by Crippen LogP contribution is 2.32. The molecule has 2 aromatic rings. The number of alkyl halides is 3. The molecule has 0 fully saturated rings. The van der Waals surface area contributed by atoms with Crippen LogP contribution in [0.1, 0.15) is 35.5 Å². The molecule has 2 heterocycles. The molecule has 0 saturated heterocycles. The van der Waals surface area contributed by atoms with Crippen LogP contribution in [0.3, 0.4) is 0 Å². The van der Waals surface area contributed by atoms with Crippen molar-refractivity contribution in [1.29, 1.82) is 0 Å². The molecular formula is C15H15ClF3N3O. The van der Waals surface area contributed by atoms with Crippen LogP contribution in [0.15, 0.2) is 24.3 Å². The van der Waals surface area contributed by atoms with Gasteiger partial charge in [-0.25, -0.2) is 4.98 Å². The number of aliphatic hydroxyl groups excluding tert-OH is 1. The van der Waals surface area contributed by atoms with Gasteiger partial charge in [-0.2, -0.15) is 13.2 Å². The quantitative estimate of drug-likeness (QED) is 0.818. The Morgan fingerprint density at radius 2 is 1.96 bits per heavy atom. The van der Waals surface area contributed by atoms with E-state index < -0.39 is 17.8 Å². The molecule has 0 spiro atoms. The molecule has 2 rings (SSSR count). The van der Waals surface area contributed by atoms with E-state index in [1.807, 2.05) is 0 Å². The summed E-state index contributed by atoms with van der Waals surface area (Å²) in [5, 5.41) is 12.1. The third kappa shape index (κ3) is 4.56. The van der Waals surface area contributed by atoms with Crippen molar-refractivity contribution in [3.8, 4) is 0 Å². The number of aliphatic hydroxyl groups is 1. The van der Waals surface area contributed by atoms with Crippen molar-refractivity contribution < 1.29 is 18.3 Å². The largest absolute Gasteiger partial charge is 0.416 e. The van der Waals surface area contributed by atoms with Crippen LogP contribution in [0, 0.1) is 6.92 Å². The maximum absolute atomic E-state index is 12.7. The number of aryl methyl sites for hydroxylation is 1. The Labute approximate surface area is 136 Å². The van der Waals surface area contributed by atoms with E-state index >= 15 is 0 Å². The van der Waals surface area contributed by atoms with Gasteiger partial charge in [-0.15, -0.1) is 0 Å². The molecule has 124 valence electrons. The van der Waals surface area contributed by atoms with Crippen molar-refractivity contribution in [1.82, 2.24) is 9.97 Å². The van der Waals surface area contributed by atoms with Crippen LogP contribution < -0.4 is 5.32 Å². The second-order valence-electron chi connectivity index (χ2n) is 5.07. The van der Waals surface area contributed by atoms with Crippen molar-refractivity contribution in [2.24, 2.45) is 0 Å². The number of rotatable bonds is 4. The van der Waals surface area contributed by atoms with Gasteiger partial charge in [0.1, 0.15) is 11.0 Å². The molecule has 1 atom stereocenters. The molecule has 23 heavy (non-hydrogen) atoms. The number of nitrogens with one attached hydrogen (secondary N) is 1. The number of anilines is 1. The predicted molar refractivity (Wildman–Crippen MR) is 81.2 cm³/mol. The van der Waals surface area contributed by atoms with Gasteiger partial charge >= 0.3 is 6.18 Å². The lowest BCUT2D eigenvalue weighted by molar-refractivity contribution is -0.137. The first-order chi connectivity index (χ1) is 10.7. The molecule has 0 bridgehead atoms. The summed E-state index contributed by atoms with van der Waals surface area (Å²) in [5.74, 6) is 0.0175. The SMILES string of the molecule is Cc1nc(CNc2cc(C(F)(F)F)cc(Cl)n2)ccc1[C@H](C)O. The standard InChI is InChI=1S/C15H15ClF3N3O/c1-8-12(9(2)23)4-3-11(21-8)7-20-14-6-10(15(17,18)19)5-13(16)22-14/h3-6,9,23H,7H2,1-2H3,(H,20,22)/t9-/m0/s1. The molecule has 0 aliphatic carbocycles. The third-order valence-electron chi connectivity index (χ3n) is 3.21. The lowest BCUT2D eigenvalue weighted by Gasteiger charge is -2.12. The summed E-state index contributed by atoms with van der Waals surface area (Å²) in [4.78, 5) is 8.11. The van der Waals surface area contributed by atoms with Crippen molar-refractivity contribution in [3.05, 3.63) is 51.9 Å². The molecule has 0 aromatic carbocycles. The highest BCUT2D eigenvalue weighted by Gasteiger charge is 2.31. The Hall–Kier alpha value is -1.86. The zero-order valence-electron chi connectivity index (χ0n) is 12.4. The Morgan fingerprint density at radius 1 is 1.26 bits per heavy atom. The molecule has 8 heteroatoms. The Kier molecular flexibility index (Phi) is 5.11. The summed E-state index contributed by atoms with van der Waals surface area (Å²) in [6.07, 6.45) is -5.12. The fourth-order valence-electron chi connectivity index (χ4n) is 2.10. The Bertz CT molecular complexity index is 705. The minimum Gasteiger partial charge on any atom is -0.389 e. The smallest absolute Gasteiger partial charge is 0.389 e. The monoisotopic (exact) mass is 345 g/mol. The van der Waals surface area contributed by atoms with Gasteiger partial charge in [-0.05, 0) is 32.0 Å². The summed E-state index contributed by atoms with van der Waals surface area (Å²) >= 11 is 5.62. The predicted octanol–water partition coefficient (Wildman–Crippen LogP) is 4.12. The molecule has 0 unspecified atom stereocenters. The number of hydrogen-bond donors (Lipinski definition) is 2. The minimum absolute atomic E-state index is 0.0175. The molecule has 0 saturated carbocycles. The summed E-state index contributed by atoms with van der Waals surface area (Å²) < 4.78 is 38.2. The Balaban J connectivity index is 2.15. The van der Waals surface area contributed by atoms with Gasteiger partial charge in [0, 0.05) is 11.3 Å². The molecule has 2 N–H and O–H groups in total. The minimum atomic E-state index is -4.49. The fourth-order valence-corrected chi connectivity index (χ4v) is 2.30. The molecule has 0 aliphatic heterocycles. The molecular weight excluding hydrogens is 331 g/mol. The van der Waals surface area contributed by atoms with Gasteiger partial charge in [0.15, 0.2) is 0 Å². The van der Waals surface area contributed by atoms with Crippen LogP contribution in [0.4, 0.5) is 19.0 Å². The van der Waals surface area contributed by atoms with Crippen LogP contribution in [0.5, 0.6) is 0 Å².